The number of ether oxygens (including phenoxy) is 2. The molecule has 0 aliphatic rings. The summed E-state index contributed by atoms with van der Waals surface area (Å²) in [5.41, 5.74) is 1.17. The summed E-state index contributed by atoms with van der Waals surface area (Å²) in [5, 5.41) is 6.11. The highest BCUT2D eigenvalue weighted by molar-refractivity contribution is 9.10. The van der Waals surface area contributed by atoms with Crippen LogP contribution in [0.25, 0.3) is 33.5 Å². The van der Waals surface area contributed by atoms with Gasteiger partial charge >= 0.3 is 5.97 Å². The maximum absolute atomic E-state index is 13.6. The smallest absolute Gasteiger partial charge is 0.347 e. The van der Waals surface area contributed by atoms with Gasteiger partial charge in [-0.05, 0) is 78.3 Å². The van der Waals surface area contributed by atoms with E-state index in [0.29, 0.717) is 43.1 Å². The van der Waals surface area contributed by atoms with E-state index in [0.717, 1.165) is 9.86 Å². The number of fused-ring (bicyclic) bond motifs is 2. The zero-order valence-electron chi connectivity index (χ0n) is 20.7. The molecule has 198 valence electrons. The van der Waals surface area contributed by atoms with Crippen molar-refractivity contribution in [3.8, 4) is 17.3 Å². The van der Waals surface area contributed by atoms with Gasteiger partial charge in [0, 0.05) is 20.4 Å². The number of aromatic nitrogens is 2. The summed E-state index contributed by atoms with van der Waals surface area (Å²) in [4.78, 5) is 30.5. The predicted molar refractivity (Wildman–Crippen MR) is 158 cm³/mol. The van der Waals surface area contributed by atoms with Gasteiger partial charge in [-0.2, -0.15) is 9.78 Å². The molecule has 0 saturated heterocycles. The minimum atomic E-state index is -0.898. The quantitative estimate of drug-likeness (QED) is 0.134. The summed E-state index contributed by atoms with van der Waals surface area (Å²) in [6.45, 7) is 3.52. The van der Waals surface area contributed by atoms with Crippen molar-refractivity contribution in [1.29, 1.82) is 0 Å². The number of benzene rings is 3. The number of rotatable bonds is 7. The third kappa shape index (κ3) is 5.63. The van der Waals surface area contributed by atoms with Crippen LogP contribution in [0.4, 0.5) is 0 Å². The largest absolute Gasteiger partial charge is 0.477 e. The van der Waals surface area contributed by atoms with Crippen LogP contribution in [0.5, 0.6) is 5.75 Å². The van der Waals surface area contributed by atoms with Gasteiger partial charge in [0.2, 0.25) is 5.82 Å². The molecule has 1 atom stereocenters. The minimum Gasteiger partial charge on any atom is -0.477 e. The predicted octanol–water partition coefficient (Wildman–Crippen LogP) is 7.20. The van der Waals surface area contributed by atoms with Gasteiger partial charge in [0.25, 0.3) is 5.56 Å². The number of hydrogen-bond acceptors (Lipinski definition) is 7. The van der Waals surface area contributed by atoms with Gasteiger partial charge in [-0.15, -0.1) is 0 Å². The van der Waals surface area contributed by atoms with Gasteiger partial charge < -0.3 is 13.9 Å². The molecule has 0 bridgehead atoms. The molecule has 0 unspecified atom stereocenters. The highest BCUT2D eigenvalue weighted by atomic mass is 79.9. The third-order valence-corrected chi connectivity index (χ3v) is 7.02. The van der Waals surface area contributed by atoms with Crippen LogP contribution in [0.15, 0.2) is 83.9 Å². The van der Waals surface area contributed by atoms with Gasteiger partial charge in [0.05, 0.1) is 28.2 Å². The second-order valence-corrected chi connectivity index (χ2v) is 10.6. The molecule has 0 radical (unpaired) electrons. The molecule has 0 aliphatic carbocycles. The molecule has 0 saturated carbocycles. The van der Waals surface area contributed by atoms with E-state index in [2.05, 4.69) is 37.0 Å². The number of furan rings is 1. The molecule has 5 rings (SSSR count). The van der Waals surface area contributed by atoms with Crippen LogP contribution in [0, 0.1) is 0 Å². The monoisotopic (exact) mass is 671 g/mol. The lowest BCUT2D eigenvalue weighted by Crippen LogP contribution is -2.26. The number of carbonyl (C=O) groups excluding carboxylic acids is 1. The van der Waals surface area contributed by atoms with Gasteiger partial charge in [-0.25, -0.2) is 9.78 Å². The summed E-state index contributed by atoms with van der Waals surface area (Å²) in [5.74, 6) is 0.366. The van der Waals surface area contributed by atoms with E-state index < -0.39 is 17.6 Å². The van der Waals surface area contributed by atoms with Crippen molar-refractivity contribution in [3.63, 3.8) is 0 Å². The molecule has 11 heteroatoms. The second-order valence-electron chi connectivity index (χ2n) is 8.42. The van der Waals surface area contributed by atoms with Crippen molar-refractivity contribution < 1.29 is 18.7 Å². The van der Waals surface area contributed by atoms with Crippen molar-refractivity contribution >= 4 is 77.5 Å². The molecular formula is C28H20Br2ClN3O5. The molecule has 8 nitrogen and oxygen atoms in total. The average Bonchev–Trinajstić information content (AvgIpc) is 3.33. The number of halogens is 3. The lowest BCUT2D eigenvalue weighted by Gasteiger charge is -2.17. The Morgan fingerprint density at radius 3 is 2.77 bits per heavy atom. The molecule has 2 heterocycles. The Kier molecular flexibility index (Phi) is 7.88. The Labute approximate surface area is 244 Å². The van der Waals surface area contributed by atoms with E-state index in [1.165, 1.54) is 10.9 Å². The first kappa shape index (κ1) is 27.1. The maximum atomic E-state index is 13.6. The van der Waals surface area contributed by atoms with Gasteiger partial charge in [0.15, 0.2) is 11.9 Å². The summed E-state index contributed by atoms with van der Waals surface area (Å²) in [7, 11) is 0. The van der Waals surface area contributed by atoms with E-state index in [4.69, 9.17) is 30.5 Å². The summed E-state index contributed by atoms with van der Waals surface area (Å²) in [6.07, 6.45) is 0.523. The van der Waals surface area contributed by atoms with Crippen molar-refractivity contribution in [2.75, 3.05) is 6.61 Å². The molecule has 0 spiro atoms. The number of hydrogen-bond donors (Lipinski definition) is 0. The van der Waals surface area contributed by atoms with E-state index in [-0.39, 0.29) is 12.4 Å². The number of para-hydroxylation sites is 1. The van der Waals surface area contributed by atoms with Crippen molar-refractivity contribution in [2.45, 2.75) is 20.0 Å². The van der Waals surface area contributed by atoms with Crippen molar-refractivity contribution in [3.05, 3.63) is 90.5 Å². The minimum absolute atomic E-state index is 0.214. The molecule has 0 amide bonds. The lowest BCUT2D eigenvalue weighted by atomic mass is 10.2. The Morgan fingerprint density at radius 1 is 1.18 bits per heavy atom. The van der Waals surface area contributed by atoms with Crippen LogP contribution in [-0.4, -0.2) is 34.6 Å². The molecule has 3 aromatic carbocycles. The van der Waals surface area contributed by atoms with Crippen LogP contribution in [0.3, 0.4) is 0 Å². The third-order valence-electron chi connectivity index (χ3n) is 5.72. The average molecular weight is 674 g/mol. The van der Waals surface area contributed by atoms with E-state index in [1.54, 1.807) is 56.3 Å². The van der Waals surface area contributed by atoms with Crippen LogP contribution >= 0.6 is 43.5 Å². The van der Waals surface area contributed by atoms with E-state index in [9.17, 15) is 9.59 Å². The fraction of sp³-hybridized carbons (Fsp3) is 0.143. The van der Waals surface area contributed by atoms with Gasteiger partial charge in [-0.1, -0.05) is 39.7 Å². The molecule has 0 aliphatic heterocycles. The van der Waals surface area contributed by atoms with Crippen LogP contribution in [-0.2, 0) is 9.53 Å². The lowest BCUT2D eigenvalue weighted by molar-refractivity contribution is -0.150. The second kappa shape index (κ2) is 11.3. The fourth-order valence-electron chi connectivity index (χ4n) is 3.92. The normalized spacial score (nSPS) is 12.3. The first-order chi connectivity index (χ1) is 18.7. The Hall–Kier alpha value is -3.47. The van der Waals surface area contributed by atoms with Crippen LogP contribution in [0.1, 0.15) is 19.4 Å². The fourth-order valence-corrected chi connectivity index (χ4v) is 5.23. The van der Waals surface area contributed by atoms with Gasteiger partial charge in [0.1, 0.15) is 11.3 Å². The summed E-state index contributed by atoms with van der Waals surface area (Å²) >= 11 is 13.2. The van der Waals surface area contributed by atoms with E-state index in [1.807, 2.05) is 18.2 Å². The van der Waals surface area contributed by atoms with Gasteiger partial charge in [-0.3, -0.25) is 4.79 Å². The Balaban J connectivity index is 1.65. The molecule has 39 heavy (non-hydrogen) atoms. The summed E-state index contributed by atoms with van der Waals surface area (Å²) in [6, 6.07) is 17.6. The molecule has 0 N–H and O–H groups in total. The zero-order chi connectivity index (χ0) is 27.7. The number of nitrogens with zero attached hydrogens (tertiary/aromatic N) is 3. The topological polar surface area (TPSA) is 95.9 Å². The highest BCUT2D eigenvalue weighted by Crippen LogP contribution is 2.33. The standard InChI is InChI=1S/C28H20Br2ClN3O5/c1-3-37-28(36)15(2)38-25-17(11-19(31)13-21(25)30)14-32-34-26(33-22-7-5-4-6-20(22)27(34)35)24-12-16-10-18(29)8-9-23(16)39-24/h4-15H,3H2,1-2H3/t15-/m0/s1. The number of esters is 1. The zero-order valence-corrected chi connectivity index (χ0v) is 24.6. The van der Waals surface area contributed by atoms with Crippen LogP contribution in [0.2, 0.25) is 5.02 Å². The SMILES string of the molecule is CCOC(=O)[C@H](C)Oc1c(Br)cc(Cl)cc1C=Nn1c(-c2cc3cc(Br)ccc3o2)nc2ccccc2c1=O. The van der Waals surface area contributed by atoms with E-state index >= 15 is 0 Å². The maximum Gasteiger partial charge on any atom is 0.347 e. The summed E-state index contributed by atoms with van der Waals surface area (Å²) < 4.78 is 19.6. The molecule has 2 aromatic heterocycles. The van der Waals surface area contributed by atoms with Crippen molar-refractivity contribution in [1.82, 2.24) is 9.66 Å². The first-order valence-electron chi connectivity index (χ1n) is 11.8. The Morgan fingerprint density at radius 2 is 1.97 bits per heavy atom. The number of carbonyl (C=O) groups is 1. The van der Waals surface area contributed by atoms with Crippen molar-refractivity contribution in [2.24, 2.45) is 5.10 Å². The molecular weight excluding hydrogens is 654 g/mol. The molecule has 0 fully saturated rings. The Bertz CT molecular complexity index is 1820. The highest BCUT2D eigenvalue weighted by Gasteiger charge is 2.21. The van der Waals surface area contributed by atoms with Crippen LogP contribution < -0.4 is 10.3 Å². The first-order valence-corrected chi connectivity index (χ1v) is 13.8. The molecule has 5 aromatic rings.